The molecule has 0 bridgehead atoms. The molecule has 0 aliphatic rings. The smallest absolute Gasteiger partial charge is 0.188 e. The van der Waals surface area contributed by atoms with Gasteiger partial charge in [0.2, 0.25) is 0 Å². The maximum atomic E-state index is 11.6. The van der Waals surface area contributed by atoms with E-state index in [4.69, 9.17) is 24.2 Å². The molecule has 0 saturated heterocycles. The predicted octanol–water partition coefficient (Wildman–Crippen LogP) is 5.38. The maximum absolute atomic E-state index is 11.6. The Labute approximate surface area is 209 Å². The van der Waals surface area contributed by atoms with Gasteiger partial charge >= 0.3 is 0 Å². The number of carbonyl (C=O) groups excluding carboxylic acids is 1. The van der Waals surface area contributed by atoms with Crippen LogP contribution in [0.3, 0.4) is 0 Å². The molecule has 35 heavy (non-hydrogen) atoms. The Bertz CT molecular complexity index is 1000. The Morgan fingerprint density at radius 3 is 1.71 bits per heavy atom. The molecule has 0 atom stereocenters. The van der Waals surface area contributed by atoms with Gasteiger partial charge in [-0.05, 0) is 47.9 Å². The van der Waals surface area contributed by atoms with E-state index in [1.54, 1.807) is 12.1 Å². The number of carbonyl (C=O) groups is 1. The second kappa shape index (κ2) is 13.8. The van der Waals surface area contributed by atoms with Crippen molar-refractivity contribution >= 4 is 5.78 Å². The van der Waals surface area contributed by atoms with Crippen molar-refractivity contribution in [2.45, 2.75) is 61.3 Å². The molecule has 0 unspecified atom stereocenters. The summed E-state index contributed by atoms with van der Waals surface area (Å²) < 4.78 is 20.2. The van der Waals surface area contributed by atoms with Crippen LogP contribution in [0.5, 0.6) is 11.5 Å². The summed E-state index contributed by atoms with van der Waals surface area (Å²) in [5, 5.41) is 9.01. The number of rotatable bonds is 9. The van der Waals surface area contributed by atoms with E-state index in [-0.39, 0.29) is 30.2 Å². The second-order valence-electron chi connectivity index (χ2n) is 10.5. The molecule has 0 spiro atoms. The number of ketones is 1. The van der Waals surface area contributed by atoms with Crippen LogP contribution in [0, 0.1) is 22.2 Å². The van der Waals surface area contributed by atoms with Gasteiger partial charge < -0.3 is 18.9 Å². The number of hydrogen-bond acceptors (Lipinski definition) is 8. The number of ether oxygens (including phenoxy) is 4. The molecule has 0 fully saturated rings. The zero-order valence-corrected chi connectivity index (χ0v) is 22.5. The molecule has 8 nitrogen and oxygen atoms in total. The fourth-order valence-electron chi connectivity index (χ4n) is 3.07. The van der Waals surface area contributed by atoms with Crippen molar-refractivity contribution in [2.24, 2.45) is 10.8 Å². The standard InChI is InChI=1S/C14H21NO3.C13H18N2O2/c1-10(16)13-12(18-9-17-5)7-6-11(15-13)8-14(2,3)4;1-13(2,3)7-10-5-6-12(17-9-16-4)11(8-14)15-10/h6-7H,8-9H2,1-5H3;5-6H,7,9H2,1-4H3. The minimum atomic E-state index is -0.100. The average Bonchev–Trinajstić information content (AvgIpc) is 2.75. The van der Waals surface area contributed by atoms with Gasteiger partial charge in [-0.15, -0.1) is 0 Å². The van der Waals surface area contributed by atoms with Crippen molar-refractivity contribution in [3.05, 3.63) is 47.0 Å². The van der Waals surface area contributed by atoms with E-state index in [9.17, 15) is 4.79 Å². The lowest BCUT2D eigenvalue weighted by molar-refractivity contribution is 0.0498. The highest BCUT2D eigenvalue weighted by molar-refractivity contribution is 5.94. The molecular formula is C27H39N3O5. The van der Waals surface area contributed by atoms with Crippen LogP contribution in [0.2, 0.25) is 0 Å². The molecule has 0 aliphatic carbocycles. The predicted molar refractivity (Wildman–Crippen MR) is 135 cm³/mol. The topological polar surface area (TPSA) is 104 Å². The van der Waals surface area contributed by atoms with Gasteiger partial charge in [0.15, 0.2) is 36.6 Å². The second-order valence-corrected chi connectivity index (χ2v) is 10.5. The van der Waals surface area contributed by atoms with Gasteiger partial charge in [0.05, 0.1) is 0 Å². The Balaban J connectivity index is 0.000000351. The van der Waals surface area contributed by atoms with Crippen LogP contribution < -0.4 is 9.47 Å². The average molecular weight is 486 g/mol. The first-order chi connectivity index (χ1) is 16.3. The fraction of sp³-hybridized carbons (Fsp3) is 0.556. The van der Waals surface area contributed by atoms with Gasteiger partial charge in [0.1, 0.15) is 11.8 Å². The zero-order chi connectivity index (χ0) is 26.6. The van der Waals surface area contributed by atoms with Crippen molar-refractivity contribution in [1.82, 2.24) is 9.97 Å². The summed E-state index contributed by atoms with van der Waals surface area (Å²) in [4.78, 5) is 20.2. The number of methoxy groups -OCH3 is 2. The van der Waals surface area contributed by atoms with E-state index in [0.717, 1.165) is 24.2 Å². The number of hydrogen-bond donors (Lipinski definition) is 0. The SMILES string of the molecule is COCOc1ccc(CC(C)(C)C)nc1C#N.COCOc1ccc(CC(C)(C)C)nc1C(C)=O. The van der Waals surface area contributed by atoms with E-state index in [1.807, 2.05) is 18.2 Å². The Hall–Kier alpha value is -3.02. The molecule has 0 saturated carbocycles. The Kier molecular flexibility index (Phi) is 11.8. The van der Waals surface area contributed by atoms with Gasteiger partial charge in [-0.2, -0.15) is 5.26 Å². The Morgan fingerprint density at radius 2 is 1.29 bits per heavy atom. The molecule has 0 aromatic carbocycles. The molecular weight excluding hydrogens is 446 g/mol. The number of nitriles is 1. The number of Topliss-reactive ketones (excluding diaryl/α,β-unsaturated/α-hetero) is 1. The number of nitrogens with zero attached hydrogens (tertiary/aromatic N) is 3. The summed E-state index contributed by atoms with van der Waals surface area (Å²) in [6, 6.07) is 9.37. The lowest BCUT2D eigenvalue weighted by atomic mass is 9.90. The van der Waals surface area contributed by atoms with E-state index >= 15 is 0 Å². The summed E-state index contributed by atoms with van der Waals surface area (Å²) in [5.41, 5.74) is 2.76. The third-order valence-corrected chi connectivity index (χ3v) is 4.36. The number of aromatic nitrogens is 2. The largest absolute Gasteiger partial charge is 0.465 e. The van der Waals surface area contributed by atoms with Crippen molar-refractivity contribution in [3.63, 3.8) is 0 Å². The van der Waals surface area contributed by atoms with Crippen LogP contribution in [-0.4, -0.2) is 43.6 Å². The lowest BCUT2D eigenvalue weighted by Crippen LogP contribution is -2.13. The maximum Gasteiger partial charge on any atom is 0.188 e. The highest BCUT2D eigenvalue weighted by Crippen LogP contribution is 2.24. The van der Waals surface area contributed by atoms with Gasteiger partial charge in [0, 0.05) is 32.5 Å². The monoisotopic (exact) mass is 485 g/mol. The number of pyridine rings is 2. The Morgan fingerprint density at radius 1 is 0.829 bits per heavy atom. The quantitative estimate of drug-likeness (QED) is 0.344. The van der Waals surface area contributed by atoms with Crippen molar-refractivity contribution in [2.75, 3.05) is 27.8 Å². The van der Waals surface area contributed by atoms with E-state index in [1.165, 1.54) is 21.1 Å². The third-order valence-electron chi connectivity index (χ3n) is 4.36. The molecule has 8 heteroatoms. The first-order valence-corrected chi connectivity index (χ1v) is 11.4. The normalized spacial score (nSPS) is 11.2. The molecule has 2 heterocycles. The first kappa shape index (κ1) is 30.0. The lowest BCUT2D eigenvalue weighted by Gasteiger charge is -2.18. The molecule has 192 valence electrons. The van der Waals surface area contributed by atoms with E-state index in [0.29, 0.717) is 22.9 Å². The minimum Gasteiger partial charge on any atom is -0.465 e. The van der Waals surface area contributed by atoms with Gasteiger partial charge in [-0.3, -0.25) is 4.79 Å². The zero-order valence-electron chi connectivity index (χ0n) is 22.5. The van der Waals surface area contributed by atoms with Crippen LogP contribution in [0.4, 0.5) is 0 Å². The van der Waals surface area contributed by atoms with Crippen molar-refractivity contribution < 1.29 is 23.7 Å². The summed E-state index contributed by atoms with van der Waals surface area (Å²) >= 11 is 0. The van der Waals surface area contributed by atoms with Gasteiger partial charge in [0.25, 0.3) is 0 Å². The van der Waals surface area contributed by atoms with Crippen LogP contribution in [0.15, 0.2) is 24.3 Å². The highest BCUT2D eigenvalue weighted by atomic mass is 16.7. The van der Waals surface area contributed by atoms with Crippen LogP contribution in [-0.2, 0) is 22.3 Å². The van der Waals surface area contributed by atoms with E-state index in [2.05, 4.69) is 51.5 Å². The molecule has 0 amide bonds. The van der Waals surface area contributed by atoms with Gasteiger partial charge in [-0.1, -0.05) is 41.5 Å². The molecule has 2 rings (SSSR count). The van der Waals surface area contributed by atoms with Crippen molar-refractivity contribution in [3.8, 4) is 17.6 Å². The van der Waals surface area contributed by atoms with E-state index < -0.39 is 0 Å². The van der Waals surface area contributed by atoms with Crippen LogP contribution in [0.25, 0.3) is 0 Å². The first-order valence-electron chi connectivity index (χ1n) is 11.4. The van der Waals surface area contributed by atoms with Crippen molar-refractivity contribution in [1.29, 1.82) is 5.26 Å². The summed E-state index contributed by atoms with van der Waals surface area (Å²) in [6.07, 6.45) is 1.64. The summed E-state index contributed by atoms with van der Waals surface area (Å²) in [5.74, 6) is 0.839. The van der Waals surface area contributed by atoms with Crippen LogP contribution >= 0.6 is 0 Å². The molecule has 0 aliphatic heterocycles. The third kappa shape index (κ3) is 11.8. The molecule has 2 aromatic rings. The van der Waals surface area contributed by atoms with Crippen LogP contribution in [0.1, 0.15) is 76.0 Å². The molecule has 2 aromatic heterocycles. The minimum absolute atomic E-state index is 0.100. The summed E-state index contributed by atoms with van der Waals surface area (Å²) in [6.45, 7) is 14.5. The molecule has 0 N–H and O–H groups in total. The van der Waals surface area contributed by atoms with Gasteiger partial charge in [-0.25, -0.2) is 9.97 Å². The highest BCUT2D eigenvalue weighted by Gasteiger charge is 2.17. The molecule has 0 radical (unpaired) electrons. The fourth-order valence-corrected chi connectivity index (χ4v) is 3.07. The summed E-state index contributed by atoms with van der Waals surface area (Å²) in [7, 11) is 3.07.